The van der Waals surface area contributed by atoms with E-state index in [4.69, 9.17) is 17.3 Å². The van der Waals surface area contributed by atoms with E-state index in [9.17, 15) is 9.59 Å². The van der Waals surface area contributed by atoms with Crippen LogP contribution < -0.4 is 11.1 Å². The highest BCUT2D eigenvalue weighted by Crippen LogP contribution is 2.18. The van der Waals surface area contributed by atoms with Gasteiger partial charge in [0.05, 0.1) is 12.7 Å². The summed E-state index contributed by atoms with van der Waals surface area (Å²) in [6, 6.07) is 11.1. The van der Waals surface area contributed by atoms with Crippen LogP contribution in [0.3, 0.4) is 0 Å². The van der Waals surface area contributed by atoms with Gasteiger partial charge in [0.1, 0.15) is 0 Å². The third-order valence-corrected chi connectivity index (χ3v) is 3.07. The lowest BCUT2D eigenvalue weighted by Crippen LogP contribution is -2.13. The molecule has 0 atom stereocenters. The summed E-state index contributed by atoms with van der Waals surface area (Å²) in [4.78, 5) is 23.5. The van der Waals surface area contributed by atoms with Crippen LogP contribution in [0.5, 0.6) is 0 Å². The molecule has 0 fully saturated rings. The molecule has 0 saturated heterocycles. The van der Waals surface area contributed by atoms with Crippen LogP contribution in [-0.2, 0) is 4.74 Å². The van der Waals surface area contributed by atoms with Crippen molar-refractivity contribution in [2.75, 3.05) is 18.2 Å². The average molecular weight is 305 g/mol. The van der Waals surface area contributed by atoms with Crippen LogP contribution in [-0.4, -0.2) is 19.0 Å². The third-order valence-electron chi connectivity index (χ3n) is 2.82. The monoisotopic (exact) mass is 304 g/mol. The van der Waals surface area contributed by atoms with Crippen LogP contribution in [0.2, 0.25) is 5.02 Å². The number of ether oxygens (including phenoxy) is 1. The van der Waals surface area contributed by atoms with Crippen molar-refractivity contribution in [3.8, 4) is 0 Å². The van der Waals surface area contributed by atoms with E-state index in [1.807, 2.05) is 0 Å². The number of rotatable bonds is 3. The summed E-state index contributed by atoms with van der Waals surface area (Å²) < 4.78 is 4.59. The largest absolute Gasteiger partial charge is 0.465 e. The molecule has 5 nitrogen and oxygen atoms in total. The molecule has 2 aromatic carbocycles. The van der Waals surface area contributed by atoms with Gasteiger partial charge in [-0.25, -0.2) is 4.79 Å². The van der Waals surface area contributed by atoms with Crippen molar-refractivity contribution < 1.29 is 14.3 Å². The number of anilines is 2. The Hall–Kier alpha value is -2.53. The number of methoxy groups -OCH3 is 1. The van der Waals surface area contributed by atoms with Crippen molar-refractivity contribution in [3.05, 3.63) is 58.6 Å². The standard InChI is InChI=1S/C15H13ClN2O3/c1-21-15(20)12-7-2-9(8-13(12)17)14(19)18-11-5-3-10(16)4-6-11/h2-8H,17H2,1H3,(H,18,19). The molecule has 0 radical (unpaired) electrons. The van der Waals surface area contributed by atoms with Gasteiger partial charge >= 0.3 is 5.97 Å². The van der Waals surface area contributed by atoms with Crippen LogP contribution in [0, 0.1) is 0 Å². The molecule has 108 valence electrons. The summed E-state index contributed by atoms with van der Waals surface area (Å²) in [5, 5.41) is 3.29. The predicted molar refractivity (Wildman–Crippen MR) is 81.6 cm³/mol. The second-order valence-electron chi connectivity index (χ2n) is 4.25. The molecule has 2 rings (SSSR count). The fraction of sp³-hybridized carbons (Fsp3) is 0.0667. The molecule has 1 amide bonds. The lowest BCUT2D eigenvalue weighted by molar-refractivity contribution is 0.0601. The number of benzene rings is 2. The van der Waals surface area contributed by atoms with E-state index >= 15 is 0 Å². The quantitative estimate of drug-likeness (QED) is 0.674. The van der Waals surface area contributed by atoms with Crippen molar-refractivity contribution in [1.82, 2.24) is 0 Å². The van der Waals surface area contributed by atoms with E-state index in [0.29, 0.717) is 16.3 Å². The average Bonchev–Trinajstić information content (AvgIpc) is 2.48. The minimum absolute atomic E-state index is 0.186. The van der Waals surface area contributed by atoms with E-state index in [1.54, 1.807) is 24.3 Å². The minimum Gasteiger partial charge on any atom is -0.465 e. The number of carbonyl (C=O) groups is 2. The zero-order chi connectivity index (χ0) is 15.4. The molecule has 0 aliphatic rings. The molecular formula is C15H13ClN2O3. The van der Waals surface area contributed by atoms with E-state index in [2.05, 4.69) is 10.1 Å². The number of carbonyl (C=O) groups excluding carboxylic acids is 2. The van der Waals surface area contributed by atoms with Crippen LogP contribution >= 0.6 is 11.6 Å². The third kappa shape index (κ3) is 3.52. The topological polar surface area (TPSA) is 81.4 Å². The fourth-order valence-electron chi connectivity index (χ4n) is 1.74. The molecule has 0 saturated carbocycles. The summed E-state index contributed by atoms with van der Waals surface area (Å²) in [5.74, 6) is -0.877. The van der Waals surface area contributed by atoms with Crippen molar-refractivity contribution in [2.45, 2.75) is 0 Å². The van der Waals surface area contributed by atoms with Crippen LogP contribution in [0.25, 0.3) is 0 Å². The molecule has 6 heteroatoms. The van der Waals surface area contributed by atoms with Crippen molar-refractivity contribution in [1.29, 1.82) is 0 Å². The lowest BCUT2D eigenvalue weighted by atomic mass is 10.1. The van der Waals surface area contributed by atoms with Crippen molar-refractivity contribution in [2.24, 2.45) is 0 Å². The van der Waals surface area contributed by atoms with Gasteiger partial charge in [-0.3, -0.25) is 4.79 Å². The first kappa shape index (κ1) is 14.9. The Balaban J connectivity index is 2.18. The number of hydrogen-bond acceptors (Lipinski definition) is 4. The molecule has 21 heavy (non-hydrogen) atoms. The predicted octanol–water partition coefficient (Wildman–Crippen LogP) is 2.96. The molecule has 0 aromatic heterocycles. The number of esters is 1. The van der Waals surface area contributed by atoms with E-state index in [-0.39, 0.29) is 17.2 Å². The SMILES string of the molecule is COC(=O)c1ccc(C(=O)Nc2ccc(Cl)cc2)cc1N. The highest BCUT2D eigenvalue weighted by molar-refractivity contribution is 6.30. The number of amides is 1. The molecule has 2 aromatic rings. The molecule has 0 bridgehead atoms. The molecule has 0 aliphatic carbocycles. The Bertz CT molecular complexity index is 684. The Kier molecular flexibility index (Phi) is 4.45. The first-order chi connectivity index (χ1) is 10.0. The Morgan fingerprint density at radius 3 is 2.38 bits per heavy atom. The Morgan fingerprint density at radius 2 is 1.81 bits per heavy atom. The van der Waals surface area contributed by atoms with Crippen molar-refractivity contribution in [3.63, 3.8) is 0 Å². The Morgan fingerprint density at radius 1 is 1.14 bits per heavy atom. The van der Waals surface area contributed by atoms with Gasteiger partial charge in [0.15, 0.2) is 0 Å². The van der Waals surface area contributed by atoms with E-state index in [0.717, 1.165) is 0 Å². The smallest absolute Gasteiger partial charge is 0.339 e. The first-order valence-electron chi connectivity index (χ1n) is 6.06. The van der Waals surface area contributed by atoms with Gasteiger partial charge in [0.25, 0.3) is 5.91 Å². The molecule has 3 N–H and O–H groups in total. The number of nitrogens with two attached hydrogens (primary N) is 1. The van der Waals surface area contributed by atoms with Gasteiger partial charge in [0.2, 0.25) is 0 Å². The van der Waals surface area contributed by atoms with Gasteiger partial charge in [-0.05, 0) is 42.5 Å². The van der Waals surface area contributed by atoms with E-state index < -0.39 is 5.97 Å². The first-order valence-corrected chi connectivity index (χ1v) is 6.44. The zero-order valence-corrected chi connectivity index (χ0v) is 12.0. The molecule has 0 aliphatic heterocycles. The van der Waals surface area contributed by atoms with Gasteiger partial charge < -0.3 is 15.8 Å². The lowest BCUT2D eigenvalue weighted by Gasteiger charge is -2.08. The summed E-state index contributed by atoms with van der Waals surface area (Å²) in [6.07, 6.45) is 0. The van der Waals surface area contributed by atoms with Crippen LogP contribution in [0.15, 0.2) is 42.5 Å². The number of nitrogen functional groups attached to an aromatic ring is 1. The molecule has 0 unspecified atom stereocenters. The normalized spacial score (nSPS) is 10.0. The maximum absolute atomic E-state index is 12.1. The second-order valence-corrected chi connectivity index (χ2v) is 4.69. The molecular weight excluding hydrogens is 292 g/mol. The number of hydrogen-bond donors (Lipinski definition) is 2. The van der Waals surface area contributed by atoms with Gasteiger partial charge in [-0.1, -0.05) is 11.6 Å². The van der Waals surface area contributed by atoms with Crippen LogP contribution in [0.4, 0.5) is 11.4 Å². The maximum atomic E-state index is 12.1. The highest BCUT2D eigenvalue weighted by Gasteiger charge is 2.13. The second kappa shape index (κ2) is 6.28. The minimum atomic E-state index is -0.544. The summed E-state index contributed by atoms with van der Waals surface area (Å²) in [5.41, 5.74) is 7.11. The fourth-order valence-corrected chi connectivity index (χ4v) is 1.86. The maximum Gasteiger partial charge on any atom is 0.339 e. The number of halogens is 1. The summed E-state index contributed by atoms with van der Waals surface area (Å²) in [6.45, 7) is 0. The Labute approximate surface area is 126 Å². The van der Waals surface area contributed by atoms with Gasteiger partial charge in [0, 0.05) is 22.0 Å². The van der Waals surface area contributed by atoms with E-state index in [1.165, 1.54) is 25.3 Å². The van der Waals surface area contributed by atoms with Gasteiger partial charge in [-0.15, -0.1) is 0 Å². The summed E-state index contributed by atoms with van der Waals surface area (Å²) in [7, 11) is 1.27. The highest BCUT2D eigenvalue weighted by atomic mass is 35.5. The van der Waals surface area contributed by atoms with Gasteiger partial charge in [-0.2, -0.15) is 0 Å². The van der Waals surface area contributed by atoms with Crippen LogP contribution in [0.1, 0.15) is 20.7 Å². The van der Waals surface area contributed by atoms with Crippen molar-refractivity contribution >= 4 is 34.9 Å². The molecule has 0 spiro atoms. The number of nitrogens with one attached hydrogen (secondary N) is 1. The summed E-state index contributed by atoms with van der Waals surface area (Å²) >= 11 is 5.77. The molecule has 0 heterocycles. The zero-order valence-electron chi connectivity index (χ0n) is 11.2.